The number of aryl methyl sites for hydroxylation is 1. The van der Waals surface area contributed by atoms with Crippen molar-refractivity contribution in [2.24, 2.45) is 7.05 Å². The van der Waals surface area contributed by atoms with Gasteiger partial charge in [-0.1, -0.05) is 18.0 Å². The molecule has 1 N–H and O–H groups in total. The van der Waals surface area contributed by atoms with Gasteiger partial charge in [0.25, 0.3) is 0 Å². The number of halogens is 4. The SMILES string of the molecule is CO[C@@H](CC(=O)Nc1nn(C)c(-c2ccc(Cl)s2)c1C1CCC1)C(F)(F)F. The number of hydrogen-bond donors (Lipinski definition) is 1. The van der Waals surface area contributed by atoms with Gasteiger partial charge < -0.3 is 10.1 Å². The number of nitrogens with zero attached hydrogens (tertiary/aromatic N) is 2. The molecule has 1 fully saturated rings. The molecule has 1 amide bonds. The van der Waals surface area contributed by atoms with E-state index in [0.717, 1.165) is 42.5 Å². The third-order valence-electron chi connectivity index (χ3n) is 4.68. The number of methoxy groups -OCH3 is 1. The van der Waals surface area contributed by atoms with E-state index in [9.17, 15) is 18.0 Å². The topological polar surface area (TPSA) is 56.1 Å². The van der Waals surface area contributed by atoms with Crippen LogP contribution in [0.25, 0.3) is 10.6 Å². The first-order valence-electron chi connectivity index (χ1n) is 8.42. The van der Waals surface area contributed by atoms with Crippen LogP contribution in [0.4, 0.5) is 19.0 Å². The van der Waals surface area contributed by atoms with Crippen molar-refractivity contribution >= 4 is 34.7 Å². The summed E-state index contributed by atoms with van der Waals surface area (Å²) in [7, 11) is 2.68. The van der Waals surface area contributed by atoms with Gasteiger partial charge in [-0.3, -0.25) is 9.48 Å². The Morgan fingerprint density at radius 1 is 1.48 bits per heavy atom. The van der Waals surface area contributed by atoms with Crippen LogP contribution in [0.15, 0.2) is 12.1 Å². The highest BCUT2D eigenvalue weighted by molar-refractivity contribution is 7.19. The average Bonchev–Trinajstić information content (AvgIpc) is 3.06. The molecular formula is C17H19ClF3N3O2S. The molecule has 0 unspecified atom stereocenters. The zero-order valence-electron chi connectivity index (χ0n) is 14.8. The standard InChI is InChI=1S/C17H19ClF3N3O2S/c1-24-15(10-6-7-12(18)27-10)14(9-4-3-5-9)16(23-24)22-13(25)8-11(26-2)17(19,20)21/h6-7,9,11H,3-5,8H2,1-2H3,(H,22,23,25)/t11-/m0/s1. The van der Waals surface area contributed by atoms with E-state index < -0.39 is 24.6 Å². The summed E-state index contributed by atoms with van der Waals surface area (Å²) < 4.78 is 45.2. The van der Waals surface area contributed by atoms with E-state index in [1.54, 1.807) is 17.8 Å². The maximum atomic E-state index is 12.8. The van der Waals surface area contributed by atoms with E-state index >= 15 is 0 Å². The van der Waals surface area contributed by atoms with Gasteiger partial charge >= 0.3 is 6.18 Å². The lowest BCUT2D eigenvalue weighted by molar-refractivity contribution is -0.213. The molecule has 1 aliphatic carbocycles. The summed E-state index contributed by atoms with van der Waals surface area (Å²) in [4.78, 5) is 13.1. The van der Waals surface area contributed by atoms with Gasteiger partial charge in [-0.15, -0.1) is 11.3 Å². The molecule has 3 rings (SSSR count). The largest absolute Gasteiger partial charge is 0.415 e. The van der Waals surface area contributed by atoms with Crippen LogP contribution in [0, 0.1) is 0 Å². The molecule has 0 aromatic carbocycles. The first-order valence-corrected chi connectivity index (χ1v) is 9.62. The number of carbonyl (C=O) groups is 1. The van der Waals surface area contributed by atoms with Crippen molar-refractivity contribution in [3.8, 4) is 10.6 Å². The number of ether oxygens (including phenoxy) is 1. The second-order valence-electron chi connectivity index (χ2n) is 6.48. The molecule has 0 aliphatic heterocycles. The number of nitrogens with one attached hydrogen (secondary N) is 1. The molecular weight excluding hydrogens is 403 g/mol. The van der Waals surface area contributed by atoms with Crippen LogP contribution in [0.3, 0.4) is 0 Å². The van der Waals surface area contributed by atoms with E-state index in [4.69, 9.17) is 11.6 Å². The molecule has 27 heavy (non-hydrogen) atoms. The van der Waals surface area contributed by atoms with Crippen LogP contribution in [0.2, 0.25) is 4.34 Å². The van der Waals surface area contributed by atoms with Gasteiger partial charge in [-0.2, -0.15) is 18.3 Å². The molecule has 1 atom stereocenters. The lowest BCUT2D eigenvalue weighted by atomic mass is 9.79. The highest BCUT2D eigenvalue weighted by Gasteiger charge is 2.41. The summed E-state index contributed by atoms with van der Waals surface area (Å²) in [6, 6.07) is 3.66. The molecule has 148 valence electrons. The molecule has 2 aromatic rings. The number of rotatable bonds is 6. The van der Waals surface area contributed by atoms with Crippen LogP contribution in [0.1, 0.15) is 37.2 Å². The van der Waals surface area contributed by atoms with Crippen molar-refractivity contribution in [3.63, 3.8) is 0 Å². The minimum Gasteiger partial charge on any atom is -0.371 e. The summed E-state index contributed by atoms with van der Waals surface area (Å²) >= 11 is 7.44. The van der Waals surface area contributed by atoms with Crippen molar-refractivity contribution < 1.29 is 22.7 Å². The van der Waals surface area contributed by atoms with E-state index in [1.807, 2.05) is 6.07 Å². The molecule has 2 heterocycles. The number of aromatic nitrogens is 2. The second-order valence-corrected chi connectivity index (χ2v) is 8.20. The Hall–Kier alpha value is -1.58. The fourth-order valence-corrected chi connectivity index (χ4v) is 4.27. The molecule has 0 bridgehead atoms. The Labute approximate surface area is 163 Å². The van der Waals surface area contributed by atoms with E-state index in [1.165, 1.54) is 11.3 Å². The molecule has 0 saturated heterocycles. The fourth-order valence-electron chi connectivity index (χ4n) is 3.13. The van der Waals surface area contributed by atoms with Gasteiger partial charge in [0.2, 0.25) is 5.91 Å². The zero-order valence-corrected chi connectivity index (χ0v) is 16.3. The predicted molar refractivity (Wildman–Crippen MR) is 98.2 cm³/mol. The van der Waals surface area contributed by atoms with Crippen molar-refractivity contribution in [3.05, 3.63) is 22.0 Å². The highest BCUT2D eigenvalue weighted by Crippen LogP contribution is 2.46. The third kappa shape index (κ3) is 4.30. The number of alkyl halides is 3. The smallest absolute Gasteiger partial charge is 0.371 e. The average molecular weight is 422 g/mol. The maximum absolute atomic E-state index is 12.8. The van der Waals surface area contributed by atoms with Crippen LogP contribution in [0.5, 0.6) is 0 Å². The third-order valence-corrected chi connectivity index (χ3v) is 5.92. The number of thiophene rings is 1. The monoisotopic (exact) mass is 421 g/mol. The summed E-state index contributed by atoms with van der Waals surface area (Å²) in [6.45, 7) is 0. The van der Waals surface area contributed by atoms with E-state index in [-0.39, 0.29) is 5.92 Å². The summed E-state index contributed by atoms with van der Waals surface area (Å²) in [6.07, 6.45) is -4.61. The summed E-state index contributed by atoms with van der Waals surface area (Å²) in [5, 5.41) is 6.92. The van der Waals surface area contributed by atoms with Gasteiger partial charge in [-0.25, -0.2) is 0 Å². The molecule has 2 aromatic heterocycles. The maximum Gasteiger partial charge on any atom is 0.415 e. The Balaban J connectivity index is 1.88. The van der Waals surface area contributed by atoms with Crippen LogP contribution in [-0.2, 0) is 16.6 Å². The summed E-state index contributed by atoms with van der Waals surface area (Å²) in [5.74, 6) is -0.261. The highest BCUT2D eigenvalue weighted by atomic mass is 35.5. The van der Waals surface area contributed by atoms with Crippen molar-refractivity contribution in [1.29, 1.82) is 0 Å². The quantitative estimate of drug-likeness (QED) is 0.716. The molecule has 10 heteroatoms. The van der Waals surface area contributed by atoms with Crippen LogP contribution in [-0.4, -0.2) is 35.1 Å². The Morgan fingerprint density at radius 2 is 2.19 bits per heavy atom. The van der Waals surface area contributed by atoms with Crippen molar-refractivity contribution in [1.82, 2.24) is 9.78 Å². The number of hydrogen-bond acceptors (Lipinski definition) is 4. The van der Waals surface area contributed by atoms with Crippen LogP contribution >= 0.6 is 22.9 Å². The lowest BCUT2D eigenvalue weighted by Gasteiger charge is -2.26. The minimum atomic E-state index is -4.61. The molecule has 0 radical (unpaired) electrons. The van der Waals surface area contributed by atoms with E-state index in [2.05, 4.69) is 15.2 Å². The predicted octanol–water partition coefficient (Wildman–Crippen LogP) is 4.98. The first-order chi connectivity index (χ1) is 12.7. The van der Waals surface area contributed by atoms with Gasteiger partial charge in [0.15, 0.2) is 11.9 Å². The van der Waals surface area contributed by atoms with Gasteiger partial charge in [-0.05, 0) is 30.9 Å². The Morgan fingerprint density at radius 3 is 2.67 bits per heavy atom. The zero-order chi connectivity index (χ0) is 19.8. The minimum absolute atomic E-state index is 0.214. The molecule has 1 aliphatic rings. The normalized spacial score (nSPS) is 16.2. The van der Waals surface area contributed by atoms with Gasteiger partial charge in [0.05, 0.1) is 21.3 Å². The fraction of sp³-hybridized carbons (Fsp3) is 0.529. The van der Waals surface area contributed by atoms with Crippen molar-refractivity contribution in [2.45, 2.75) is 43.9 Å². The molecule has 5 nitrogen and oxygen atoms in total. The molecule has 1 saturated carbocycles. The molecule has 0 spiro atoms. The second kappa shape index (κ2) is 7.81. The first kappa shape index (κ1) is 20.2. The van der Waals surface area contributed by atoms with Crippen LogP contribution < -0.4 is 5.32 Å². The van der Waals surface area contributed by atoms with Gasteiger partial charge in [0.1, 0.15) is 0 Å². The number of carbonyl (C=O) groups excluding carboxylic acids is 1. The van der Waals surface area contributed by atoms with Gasteiger partial charge in [0, 0.05) is 19.7 Å². The Kier molecular flexibility index (Phi) is 5.83. The summed E-state index contributed by atoms with van der Waals surface area (Å²) in [5.41, 5.74) is 1.70. The number of amides is 1. The Bertz CT molecular complexity index is 830. The van der Waals surface area contributed by atoms with Crippen molar-refractivity contribution in [2.75, 3.05) is 12.4 Å². The van der Waals surface area contributed by atoms with E-state index in [0.29, 0.717) is 10.2 Å². The lowest BCUT2D eigenvalue weighted by Crippen LogP contribution is -2.34. The number of anilines is 1.